The van der Waals surface area contributed by atoms with Gasteiger partial charge in [-0.3, -0.25) is 0 Å². The number of aromatic carboxylic acids is 1. The number of carboxylic acids is 1. The van der Waals surface area contributed by atoms with Crippen LogP contribution in [0.1, 0.15) is 21.6 Å². The predicted octanol–water partition coefficient (Wildman–Crippen LogP) is 3.96. The highest BCUT2D eigenvalue weighted by atomic mass is 79.9. The van der Waals surface area contributed by atoms with Crippen LogP contribution in [0.3, 0.4) is 0 Å². The fraction of sp³-hybridized carbons (Fsp3) is 0.167. The Kier molecular flexibility index (Phi) is 3.68. The van der Waals surface area contributed by atoms with Crippen molar-refractivity contribution in [3.8, 4) is 0 Å². The zero-order valence-electron chi connectivity index (χ0n) is 9.82. The Labute approximate surface area is 117 Å². The molecule has 4 nitrogen and oxygen atoms in total. The molecule has 1 aromatic carbocycles. The van der Waals surface area contributed by atoms with Crippen LogP contribution in [0.25, 0.3) is 0 Å². The summed E-state index contributed by atoms with van der Waals surface area (Å²) in [5, 5.41) is 12.8. The van der Waals surface area contributed by atoms with E-state index in [4.69, 9.17) is 5.11 Å². The van der Waals surface area contributed by atoms with Gasteiger partial charge >= 0.3 is 5.97 Å². The lowest BCUT2D eigenvalue weighted by Crippen LogP contribution is -2.01. The minimum absolute atomic E-state index is 0.237. The Bertz CT molecular complexity index is 610. The number of rotatable bonds is 3. The average molecular weight is 327 g/mol. The maximum Gasteiger partial charge on any atom is 0.340 e. The summed E-state index contributed by atoms with van der Waals surface area (Å²) >= 11 is 4.58. The van der Waals surface area contributed by atoms with E-state index < -0.39 is 5.97 Å². The fourth-order valence-corrected chi connectivity index (χ4v) is 2.62. The van der Waals surface area contributed by atoms with E-state index in [1.54, 1.807) is 6.92 Å². The van der Waals surface area contributed by atoms with Gasteiger partial charge in [0, 0.05) is 10.2 Å². The van der Waals surface area contributed by atoms with Crippen molar-refractivity contribution >= 4 is 44.1 Å². The van der Waals surface area contributed by atoms with Crippen LogP contribution in [0, 0.1) is 13.8 Å². The van der Waals surface area contributed by atoms with Gasteiger partial charge in [-0.05, 0) is 49.1 Å². The lowest BCUT2D eigenvalue weighted by atomic mass is 10.2. The summed E-state index contributed by atoms with van der Waals surface area (Å²) in [4.78, 5) is 11.1. The molecule has 1 heterocycles. The first-order valence-electron chi connectivity index (χ1n) is 5.22. The number of aromatic nitrogens is 1. The molecule has 0 aliphatic carbocycles. The molecule has 2 aromatic rings. The molecule has 0 fully saturated rings. The molecule has 0 saturated heterocycles. The number of nitrogens with zero attached hydrogens (tertiary/aromatic N) is 1. The van der Waals surface area contributed by atoms with Gasteiger partial charge in [0.05, 0.1) is 5.69 Å². The normalized spacial score (nSPS) is 10.4. The Morgan fingerprint density at radius 2 is 2.17 bits per heavy atom. The maximum absolute atomic E-state index is 11.1. The third-order valence-electron chi connectivity index (χ3n) is 2.49. The number of hydrogen-bond donors (Lipinski definition) is 2. The van der Waals surface area contributed by atoms with Crippen molar-refractivity contribution in [1.82, 2.24) is 4.37 Å². The third kappa shape index (κ3) is 2.54. The maximum atomic E-state index is 11.1. The first-order chi connectivity index (χ1) is 8.49. The van der Waals surface area contributed by atoms with E-state index in [0.29, 0.717) is 10.7 Å². The van der Waals surface area contributed by atoms with Crippen LogP contribution < -0.4 is 5.32 Å². The van der Waals surface area contributed by atoms with Gasteiger partial charge in [0.2, 0.25) is 0 Å². The second-order valence-electron chi connectivity index (χ2n) is 3.87. The minimum atomic E-state index is -0.961. The highest BCUT2D eigenvalue weighted by Gasteiger charge is 2.17. The number of hydrogen-bond acceptors (Lipinski definition) is 4. The molecule has 0 radical (unpaired) electrons. The van der Waals surface area contributed by atoms with Crippen LogP contribution in [0.2, 0.25) is 0 Å². The monoisotopic (exact) mass is 326 g/mol. The Hall–Kier alpha value is -1.40. The topological polar surface area (TPSA) is 62.2 Å². The van der Waals surface area contributed by atoms with E-state index in [9.17, 15) is 4.79 Å². The Morgan fingerprint density at radius 3 is 2.78 bits per heavy atom. The van der Waals surface area contributed by atoms with E-state index in [1.807, 2.05) is 25.1 Å². The molecular formula is C12H11BrN2O2S. The number of anilines is 2. The number of carboxylic acid groups (broad SMARTS) is 1. The van der Waals surface area contributed by atoms with E-state index in [1.165, 1.54) is 0 Å². The largest absolute Gasteiger partial charge is 0.478 e. The summed E-state index contributed by atoms with van der Waals surface area (Å²) < 4.78 is 5.08. The average Bonchev–Trinajstić information content (AvgIpc) is 2.65. The molecule has 0 aliphatic heterocycles. The number of halogens is 1. The van der Waals surface area contributed by atoms with Crippen LogP contribution in [-0.4, -0.2) is 15.4 Å². The molecule has 0 saturated carbocycles. The molecule has 1 aromatic heterocycles. The van der Waals surface area contributed by atoms with Crippen molar-refractivity contribution in [3.05, 3.63) is 39.5 Å². The van der Waals surface area contributed by atoms with E-state index in [2.05, 4.69) is 25.6 Å². The Morgan fingerprint density at radius 1 is 1.44 bits per heavy atom. The lowest BCUT2D eigenvalue weighted by Gasteiger charge is -2.06. The molecule has 94 valence electrons. The van der Waals surface area contributed by atoms with Crippen LogP contribution in [-0.2, 0) is 0 Å². The van der Waals surface area contributed by atoms with Crippen molar-refractivity contribution in [2.24, 2.45) is 0 Å². The van der Waals surface area contributed by atoms with Crippen molar-refractivity contribution in [2.75, 3.05) is 5.32 Å². The molecule has 0 amide bonds. The quantitative estimate of drug-likeness (QED) is 0.896. The number of nitrogens with one attached hydrogen (secondary N) is 1. The van der Waals surface area contributed by atoms with Gasteiger partial charge in [0.15, 0.2) is 0 Å². The van der Waals surface area contributed by atoms with E-state index in [0.717, 1.165) is 27.3 Å². The zero-order valence-corrected chi connectivity index (χ0v) is 12.2. The van der Waals surface area contributed by atoms with Crippen molar-refractivity contribution < 1.29 is 9.90 Å². The van der Waals surface area contributed by atoms with Gasteiger partial charge < -0.3 is 10.4 Å². The number of aryl methyl sites for hydroxylation is 2. The van der Waals surface area contributed by atoms with Crippen molar-refractivity contribution in [2.45, 2.75) is 13.8 Å². The highest BCUT2D eigenvalue weighted by Crippen LogP contribution is 2.29. The summed E-state index contributed by atoms with van der Waals surface area (Å²) in [6.07, 6.45) is 0. The lowest BCUT2D eigenvalue weighted by molar-refractivity contribution is 0.0697. The standard InChI is InChI=1S/C12H11BrN2O2S/c1-6-5-8(3-4-9(6)13)14-11-10(12(16)17)7(2)15-18-11/h3-5,14H,1-2H3,(H,16,17). The third-order valence-corrected chi connectivity index (χ3v) is 4.24. The Balaban J connectivity index is 2.34. The fourth-order valence-electron chi connectivity index (χ4n) is 1.56. The second kappa shape index (κ2) is 5.07. The smallest absolute Gasteiger partial charge is 0.340 e. The SMILES string of the molecule is Cc1cc(Nc2snc(C)c2C(=O)O)ccc1Br. The molecule has 2 N–H and O–H groups in total. The second-order valence-corrected chi connectivity index (χ2v) is 5.49. The summed E-state index contributed by atoms with van der Waals surface area (Å²) in [5.74, 6) is -0.961. The minimum Gasteiger partial charge on any atom is -0.478 e. The molecule has 0 atom stereocenters. The summed E-state index contributed by atoms with van der Waals surface area (Å²) in [6, 6.07) is 5.76. The van der Waals surface area contributed by atoms with Gasteiger partial charge in [0.25, 0.3) is 0 Å². The molecule has 2 rings (SSSR count). The first kappa shape index (κ1) is 13.0. The molecule has 0 bridgehead atoms. The van der Waals surface area contributed by atoms with Crippen LogP contribution >= 0.6 is 27.5 Å². The number of carbonyl (C=O) groups is 1. The van der Waals surface area contributed by atoms with Gasteiger partial charge in [-0.1, -0.05) is 15.9 Å². The van der Waals surface area contributed by atoms with Crippen LogP contribution in [0.15, 0.2) is 22.7 Å². The van der Waals surface area contributed by atoms with E-state index >= 15 is 0 Å². The van der Waals surface area contributed by atoms with Gasteiger partial charge in [0.1, 0.15) is 10.6 Å². The van der Waals surface area contributed by atoms with E-state index in [-0.39, 0.29) is 5.56 Å². The summed E-state index contributed by atoms with van der Waals surface area (Å²) in [5.41, 5.74) is 2.70. The highest BCUT2D eigenvalue weighted by molar-refractivity contribution is 9.10. The summed E-state index contributed by atoms with van der Waals surface area (Å²) in [6.45, 7) is 3.67. The molecule has 18 heavy (non-hydrogen) atoms. The predicted molar refractivity (Wildman–Crippen MR) is 76.0 cm³/mol. The molecule has 6 heteroatoms. The van der Waals surface area contributed by atoms with Crippen molar-refractivity contribution in [3.63, 3.8) is 0 Å². The van der Waals surface area contributed by atoms with Crippen LogP contribution in [0.5, 0.6) is 0 Å². The zero-order chi connectivity index (χ0) is 13.3. The first-order valence-corrected chi connectivity index (χ1v) is 6.78. The van der Waals surface area contributed by atoms with Gasteiger partial charge in [-0.25, -0.2) is 4.79 Å². The molecule has 0 aliphatic rings. The molecule has 0 spiro atoms. The van der Waals surface area contributed by atoms with Crippen LogP contribution in [0.4, 0.5) is 10.7 Å². The molecule has 0 unspecified atom stereocenters. The van der Waals surface area contributed by atoms with Crippen molar-refractivity contribution in [1.29, 1.82) is 0 Å². The molecular weight excluding hydrogens is 316 g/mol. The summed E-state index contributed by atoms with van der Waals surface area (Å²) in [7, 11) is 0. The van der Waals surface area contributed by atoms with Gasteiger partial charge in [-0.15, -0.1) is 0 Å². The number of benzene rings is 1. The van der Waals surface area contributed by atoms with Gasteiger partial charge in [-0.2, -0.15) is 4.37 Å².